The van der Waals surface area contributed by atoms with E-state index in [0.29, 0.717) is 62.8 Å². The molecule has 0 aliphatic carbocycles. The quantitative estimate of drug-likeness (QED) is 0.0258. The largest absolute Gasteiger partial charge is 0.453 e. The predicted octanol–water partition coefficient (Wildman–Crippen LogP) is 10.8. The standard InChI is InChI=1S/C67H88F5N11O9/c1-12-15-57(84)79-26-14-16-54(79)62-74-50-31-44(46(69)33-55(50)81(62)36-92-64(87)59(38(3)4)77-67(6,7)8)52-21-22-53(83(52)43-29-48(71)61(49(72)30-43)78-27-23-41(24-28-78)40-17-19-42(68)20-18-40)45-32-51-56(34-47(45)70)82(37-91-58(85)35-73-9)65(75-51)80(25-13-2)63(86)60(39(5)89-10)76-66(88)90-11/h17-20,29-34,38-39,41,52-54,59-60,65,73,75,77H,12-16,21-28,35-37H2,1-11H3,(H,76,88)/t39?,52-,53?,54?,59?,60?,65?/m1/s1. The molecule has 3 saturated heterocycles. The predicted molar refractivity (Wildman–Crippen MR) is 339 cm³/mol. The molecule has 92 heavy (non-hydrogen) atoms. The first kappa shape index (κ1) is 68.6. The van der Waals surface area contributed by atoms with Gasteiger partial charge in [-0.2, -0.15) is 0 Å². The summed E-state index contributed by atoms with van der Waals surface area (Å²) in [5, 5.41) is 12.0. The Morgan fingerprint density at radius 3 is 2.04 bits per heavy atom. The van der Waals surface area contributed by atoms with Gasteiger partial charge in [0, 0.05) is 68.1 Å². The number of hydrogen-bond donors (Lipinski definition) is 4. The number of imidazole rings is 1. The van der Waals surface area contributed by atoms with Crippen LogP contribution in [0.2, 0.25) is 0 Å². The van der Waals surface area contributed by atoms with Gasteiger partial charge in [-0.05, 0) is 146 Å². The van der Waals surface area contributed by atoms with Crippen LogP contribution in [-0.4, -0.2) is 140 Å². The molecule has 5 heterocycles. The minimum Gasteiger partial charge on any atom is -0.453 e. The van der Waals surface area contributed by atoms with Crippen LogP contribution in [0.1, 0.15) is 160 Å². The molecule has 4 N–H and O–H groups in total. The molecule has 4 aliphatic rings. The Kier molecular flexibility index (Phi) is 22.0. The van der Waals surface area contributed by atoms with Crippen molar-refractivity contribution in [1.29, 1.82) is 0 Å². The maximum Gasteiger partial charge on any atom is 0.407 e. The summed E-state index contributed by atoms with van der Waals surface area (Å²) in [6.07, 6.45) is 0.915. The lowest BCUT2D eigenvalue weighted by Crippen LogP contribution is -2.61. The monoisotopic (exact) mass is 1290 g/mol. The molecule has 0 saturated carbocycles. The minimum absolute atomic E-state index is 0.0189. The van der Waals surface area contributed by atoms with Gasteiger partial charge in [0.1, 0.15) is 41.0 Å². The number of rotatable bonds is 24. The van der Waals surface area contributed by atoms with Crippen LogP contribution in [0.25, 0.3) is 11.0 Å². The van der Waals surface area contributed by atoms with Crippen LogP contribution in [0.3, 0.4) is 0 Å². The molecule has 0 radical (unpaired) electrons. The number of piperidine rings is 1. The molecule has 3 amide bonds. The Bertz CT molecular complexity index is 3450. The Morgan fingerprint density at radius 2 is 1.43 bits per heavy atom. The second-order valence-electron chi connectivity index (χ2n) is 25.7. The van der Waals surface area contributed by atoms with Crippen LogP contribution < -0.4 is 36.0 Å². The molecule has 5 aromatic rings. The number of methoxy groups -OCH3 is 2. The third-order valence-electron chi connectivity index (χ3n) is 17.9. The third-order valence-corrected chi connectivity index (χ3v) is 17.9. The van der Waals surface area contributed by atoms with E-state index in [1.165, 1.54) is 59.4 Å². The fourth-order valence-electron chi connectivity index (χ4n) is 13.4. The van der Waals surface area contributed by atoms with E-state index in [1.54, 1.807) is 51.4 Å². The van der Waals surface area contributed by atoms with Gasteiger partial charge < -0.3 is 54.5 Å². The van der Waals surface area contributed by atoms with Crippen LogP contribution in [0.15, 0.2) is 60.7 Å². The highest BCUT2D eigenvalue weighted by atomic mass is 19.1. The van der Waals surface area contributed by atoms with Gasteiger partial charge in [-0.25, -0.2) is 31.7 Å². The number of nitrogens with zero attached hydrogens (tertiary/aromatic N) is 7. The summed E-state index contributed by atoms with van der Waals surface area (Å²) in [5.74, 6) is -5.32. The number of carbonyl (C=O) groups is 5. The van der Waals surface area contributed by atoms with Crippen LogP contribution in [0, 0.1) is 35.0 Å². The van der Waals surface area contributed by atoms with Gasteiger partial charge in [0.05, 0.1) is 60.3 Å². The normalized spacial score (nSPS) is 19.5. The molecular formula is C67H88F5N11O9. The summed E-state index contributed by atoms with van der Waals surface area (Å²) in [7, 11) is 4.09. The van der Waals surface area contributed by atoms with Crippen LogP contribution in [0.4, 0.5) is 49.5 Å². The van der Waals surface area contributed by atoms with Crippen molar-refractivity contribution >= 4 is 63.6 Å². The van der Waals surface area contributed by atoms with E-state index in [2.05, 4.69) is 21.3 Å². The maximum atomic E-state index is 17.8. The van der Waals surface area contributed by atoms with E-state index in [1.807, 2.05) is 48.5 Å². The Hall–Kier alpha value is -7.77. The number of alkyl carbamates (subject to hydrolysis) is 1. The van der Waals surface area contributed by atoms with Gasteiger partial charge in [-0.15, -0.1) is 0 Å². The first-order valence-electron chi connectivity index (χ1n) is 32.0. The summed E-state index contributed by atoms with van der Waals surface area (Å²) in [5.41, 5.74) is 1.33. The number of anilines is 4. The highest BCUT2D eigenvalue weighted by Crippen LogP contribution is 2.52. The number of carbonyl (C=O) groups excluding carboxylic acids is 5. The average molecular weight is 1290 g/mol. The van der Waals surface area contributed by atoms with E-state index < -0.39 is 102 Å². The van der Waals surface area contributed by atoms with Gasteiger partial charge in [-0.1, -0.05) is 39.8 Å². The van der Waals surface area contributed by atoms with Crippen LogP contribution in [0.5, 0.6) is 0 Å². The molecule has 6 unspecified atom stereocenters. The smallest absolute Gasteiger partial charge is 0.407 e. The highest BCUT2D eigenvalue weighted by molar-refractivity contribution is 5.89. The molecule has 4 aliphatic heterocycles. The third kappa shape index (κ3) is 14.8. The van der Waals surface area contributed by atoms with Crippen LogP contribution in [-0.2, 0) is 44.9 Å². The van der Waals surface area contributed by atoms with Crippen molar-refractivity contribution < 1.29 is 64.9 Å². The van der Waals surface area contributed by atoms with Crippen LogP contribution >= 0.6 is 0 Å². The number of esters is 2. The van der Waals surface area contributed by atoms with Gasteiger partial charge in [0.25, 0.3) is 5.91 Å². The van der Waals surface area contributed by atoms with Crippen molar-refractivity contribution in [1.82, 2.24) is 35.3 Å². The van der Waals surface area contributed by atoms with Gasteiger partial charge in [-0.3, -0.25) is 34.0 Å². The van der Waals surface area contributed by atoms with E-state index in [4.69, 9.17) is 23.9 Å². The summed E-state index contributed by atoms with van der Waals surface area (Å²) in [6.45, 7) is 15.1. The Morgan fingerprint density at radius 1 is 0.772 bits per heavy atom. The molecule has 25 heteroatoms. The summed E-state index contributed by atoms with van der Waals surface area (Å²) in [6, 6.07) is 9.61. The fourth-order valence-corrected chi connectivity index (χ4v) is 13.4. The van der Waals surface area contributed by atoms with Crippen molar-refractivity contribution in [3.05, 3.63) is 112 Å². The Balaban J connectivity index is 1.15. The molecule has 20 nitrogen and oxygen atoms in total. The minimum atomic E-state index is -1.28. The van der Waals surface area contributed by atoms with Gasteiger partial charge in [0.15, 0.2) is 31.4 Å². The molecule has 7 atom stereocenters. The molecule has 4 aromatic carbocycles. The molecule has 0 spiro atoms. The van der Waals surface area contributed by atoms with Crippen molar-refractivity contribution in [2.75, 3.05) is 80.7 Å². The first-order chi connectivity index (χ1) is 43.9. The number of amides is 3. The molecule has 0 bridgehead atoms. The van der Waals surface area contributed by atoms with E-state index in [9.17, 15) is 28.4 Å². The second kappa shape index (κ2) is 29.5. The number of likely N-dealkylation sites (tertiary alicyclic amines) is 1. The highest BCUT2D eigenvalue weighted by Gasteiger charge is 2.45. The Labute approximate surface area is 534 Å². The number of aromatic nitrogens is 2. The van der Waals surface area contributed by atoms with E-state index >= 15 is 17.6 Å². The number of halogens is 5. The number of ether oxygens (including phenoxy) is 4. The number of hydrogen-bond acceptors (Lipinski definition) is 16. The maximum absolute atomic E-state index is 17.8. The van der Waals surface area contributed by atoms with E-state index in [-0.39, 0.29) is 109 Å². The molecular weight excluding hydrogens is 1200 g/mol. The van der Waals surface area contributed by atoms with Crippen molar-refractivity contribution in [2.24, 2.45) is 5.92 Å². The zero-order chi connectivity index (χ0) is 66.5. The number of likely N-dealkylation sites (N-methyl/N-ethyl adjacent to an activating group) is 1. The second-order valence-corrected chi connectivity index (χ2v) is 25.7. The van der Waals surface area contributed by atoms with Gasteiger partial charge in [0.2, 0.25) is 5.91 Å². The fraction of sp³-hybridized carbons (Fsp3) is 0.552. The summed E-state index contributed by atoms with van der Waals surface area (Å²) >= 11 is 0. The zero-order valence-corrected chi connectivity index (χ0v) is 54.5. The molecule has 500 valence electrons. The number of nitrogens with one attached hydrogen (secondary N) is 4. The van der Waals surface area contributed by atoms with E-state index in [0.717, 1.165) is 12.7 Å². The van der Waals surface area contributed by atoms with Gasteiger partial charge >= 0.3 is 18.0 Å². The van der Waals surface area contributed by atoms with Crippen molar-refractivity contribution in [3.8, 4) is 0 Å². The molecule has 1 aromatic heterocycles. The summed E-state index contributed by atoms with van der Waals surface area (Å²) in [4.78, 5) is 81.1. The topological polar surface area (TPSA) is 204 Å². The number of fused-ring (bicyclic) bond motifs is 2. The first-order valence-corrected chi connectivity index (χ1v) is 32.0. The SMILES string of the molecule is CCCC(=O)N1CCCC1c1nc2cc([C@H]3CCC(c4cc5c(cc4F)N(COC(=O)CNC)C(N(CCC)C(=O)C(NC(=O)OC)C(C)OC)N5)N3c3cc(F)c(N4CCC(c5ccc(F)cc5)CC4)c(F)c3)c(F)cc2n1COC(=O)C(NC(C)(C)C)C(C)C. The van der Waals surface area contributed by atoms with Crippen molar-refractivity contribution in [2.45, 2.75) is 174 Å². The zero-order valence-electron chi connectivity index (χ0n) is 54.5. The lowest BCUT2D eigenvalue weighted by atomic mass is 9.89. The number of benzene rings is 4. The summed E-state index contributed by atoms with van der Waals surface area (Å²) < 4.78 is 108. The molecule has 9 rings (SSSR count). The molecule has 3 fully saturated rings. The average Bonchev–Trinajstić information content (AvgIpc) is 1.56. The van der Waals surface area contributed by atoms with Crippen molar-refractivity contribution in [3.63, 3.8) is 0 Å². The lowest BCUT2D eigenvalue weighted by Gasteiger charge is -2.38. The lowest BCUT2D eigenvalue weighted by molar-refractivity contribution is -0.152.